The Bertz CT molecular complexity index is 873. The first kappa shape index (κ1) is 16.4. The normalized spacial score (nSPS) is 16.4. The third-order valence-corrected chi connectivity index (χ3v) is 5.38. The van der Waals surface area contributed by atoms with Crippen molar-refractivity contribution in [2.45, 2.75) is 12.6 Å². The maximum atomic E-state index is 5.76. The van der Waals surface area contributed by atoms with Crippen LogP contribution in [0.2, 0.25) is 0 Å². The molecule has 2 aromatic carbocycles. The first-order valence-corrected chi connectivity index (χ1v) is 9.46. The summed E-state index contributed by atoms with van der Waals surface area (Å²) in [4.78, 5) is 2.28. The number of nitrogens with one attached hydrogen (secondary N) is 1. The largest absolute Gasteiger partial charge is 0.348 e. The van der Waals surface area contributed by atoms with E-state index in [4.69, 9.17) is 12.2 Å². The summed E-state index contributed by atoms with van der Waals surface area (Å²) in [6.07, 6.45) is 2.15. The average molecular weight is 412 g/mol. The van der Waals surface area contributed by atoms with Crippen LogP contribution in [-0.2, 0) is 6.54 Å². The van der Waals surface area contributed by atoms with Gasteiger partial charge in [-0.05, 0) is 54.2 Å². The lowest BCUT2D eigenvalue weighted by molar-refractivity contribution is 0.293. The number of hydrogen-bond acceptors (Lipinski definition) is 1. The number of hydrogen-bond donors (Lipinski definition) is 1. The summed E-state index contributed by atoms with van der Waals surface area (Å²) in [5.41, 5.74) is 3.53. The lowest BCUT2D eigenvalue weighted by Gasteiger charge is -2.39. The molecule has 0 aliphatic carbocycles. The van der Waals surface area contributed by atoms with E-state index in [0.29, 0.717) is 0 Å². The van der Waals surface area contributed by atoms with Crippen LogP contribution >= 0.6 is 28.1 Å². The van der Waals surface area contributed by atoms with Crippen molar-refractivity contribution in [3.63, 3.8) is 0 Å². The minimum atomic E-state index is 0.125. The standard InChI is InChI=1S/C20H18BrN3S/c21-16-8-10-17(11-9-16)22-20(25)24-14-13-23-12-4-7-18(23)19(24)15-5-2-1-3-6-15/h1-12,19H,13-14H2,(H,22,25). The molecular weight excluding hydrogens is 394 g/mol. The number of aromatic nitrogens is 1. The number of nitrogens with zero attached hydrogens (tertiary/aromatic N) is 2. The Labute approximate surface area is 161 Å². The van der Waals surface area contributed by atoms with Crippen LogP contribution in [0.5, 0.6) is 0 Å². The summed E-state index contributed by atoms with van der Waals surface area (Å²) in [5, 5.41) is 4.14. The minimum absolute atomic E-state index is 0.125. The first-order chi connectivity index (χ1) is 12.2. The molecule has 1 atom stereocenters. The van der Waals surface area contributed by atoms with Gasteiger partial charge in [-0.15, -0.1) is 0 Å². The number of halogens is 1. The van der Waals surface area contributed by atoms with Crippen molar-refractivity contribution in [1.82, 2.24) is 9.47 Å². The summed E-state index contributed by atoms with van der Waals surface area (Å²) in [6.45, 7) is 1.82. The predicted molar refractivity (Wildman–Crippen MR) is 110 cm³/mol. The molecule has 3 nitrogen and oxygen atoms in total. The lowest BCUT2D eigenvalue weighted by Crippen LogP contribution is -2.44. The molecule has 2 heterocycles. The second-order valence-corrected chi connectivity index (χ2v) is 7.37. The number of anilines is 1. The summed E-state index contributed by atoms with van der Waals surface area (Å²) >= 11 is 9.23. The van der Waals surface area contributed by atoms with Crippen molar-refractivity contribution in [2.24, 2.45) is 0 Å². The Balaban J connectivity index is 1.65. The summed E-state index contributed by atoms with van der Waals surface area (Å²) < 4.78 is 3.37. The van der Waals surface area contributed by atoms with Crippen molar-refractivity contribution < 1.29 is 0 Å². The molecular formula is C20H18BrN3S. The van der Waals surface area contributed by atoms with Gasteiger partial charge < -0.3 is 14.8 Å². The smallest absolute Gasteiger partial charge is 0.174 e. The van der Waals surface area contributed by atoms with E-state index in [2.05, 4.69) is 73.3 Å². The van der Waals surface area contributed by atoms with Crippen LogP contribution in [0, 0.1) is 0 Å². The molecule has 0 saturated carbocycles. The van der Waals surface area contributed by atoms with Crippen LogP contribution in [0.25, 0.3) is 0 Å². The summed E-state index contributed by atoms with van der Waals surface area (Å²) in [6, 6.07) is 23.1. The number of fused-ring (bicyclic) bond motifs is 1. The van der Waals surface area contributed by atoms with E-state index in [-0.39, 0.29) is 6.04 Å². The van der Waals surface area contributed by atoms with Gasteiger partial charge in [0, 0.05) is 35.1 Å². The van der Waals surface area contributed by atoms with Gasteiger partial charge in [-0.3, -0.25) is 0 Å². The molecule has 0 spiro atoms. The van der Waals surface area contributed by atoms with Gasteiger partial charge in [0.25, 0.3) is 0 Å². The molecule has 0 bridgehead atoms. The van der Waals surface area contributed by atoms with E-state index >= 15 is 0 Å². The fourth-order valence-corrected chi connectivity index (χ4v) is 3.90. The molecule has 126 valence electrons. The average Bonchev–Trinajstić information content (AvgIpc) is 3.12. The van der Waals surface area contributed by atoms with Crippen LogP contribution in [0.15, 0.2) is 77.4 Å². The molecule has 3 aromatic rings. The molecule has 25 heavy (non-hydrogen) atoms. The van der Waals surface area contributed by atoms with Gasteiger partial charge in [0.05, 0.1) is 6.04 Å². The highest BCUT2D eigenvalue weighted by Gasteiger charge is 2.30. The molecule has 4 rings (SSSR count). The third-order valence-electron chi connectivity index (χ3n) is 4.51. The highest BCUT2D eigenvalue weighted by molar-refractivity contribution is 9.10. The lowest BCUT2D eigenvalue weighted by atomic mass is 10.0. The van der Waals surface area contributed by atoms with Crippen LogP contribution in [0.1, 0.15) is 17.3 Å². The SMILES string of the molecule is S=C(Nc1ccc(Br)cc1)N1CCn2cccc2C1c1ccccc1. The van der Waals surface area contributed by atoms with Crippen molar-refractivity contribution in [3.05, 3.63) is 88.7 Å². The van der Waals surface area contributed by atoms with E-state index in [0.717, 1.165) is 28.4 Å². The van der Waals surface area contributed by atoms with Crippen molar-refractivity contribution >= 4 is 38.9 Å². The molecule has 0 saturated heterocycles. The van der Waals surface area contributed by atoms with E-state index < -0.39 is 0 Å². The zero-order valence-electron chi connectivity index (χ0n) is 13.6. The zero-order valence-corrected chi connectivity index (χ0v) is 16.0. The Kier molecular flexibility index (Phi) is 4.59. The van der Waals surface area contributed by atoms with Crippen LogP contribution in [0.4, 0.5) is 5.69 Å². The van der Waals surface area contributed by atoms with Gasteiger partial charge in [-0.25, -0.2) is 0 Å². The maximum Gasteiger partial charge on any atom is 0.174 e. The number of thiocarbonyl (C=S) groups is 1. The molecule has 1 unspecified atom stereocenters. The van der Waals surface area contributed by atoms with Crippen molar-refractivity contribution in [2.75, 3.05) is 11.9 Å². The predicted octanol–water partition coefficient (Wildman–Crippen LogP) is 5.05. The zero-order chi connectivity index (χ0) is 17.2. The van der Waals surface area contributed by atoms with E-state index in [1.165, 1.54) is 11.3 Å². The van der Waals surface area contributed by atoms with Gasteiger partial charge in [0.1, 0.15) is 0 Å². The van der Waals surface area contributed by atoms with E-state index in [1.54, 1.807) is 0 Å². The van der Waals surface area contributed by atoms with Gasteiger partial charge in [-0.2, -0.15) is 0 Å². The fraction of sp³-hybridized carbons (Fsp3) is 0.150. The maximum absolute atomic E-state index is 5.76. The molecule has 1 N–H and O–H groups in total. The summed E-state index contributed by atoms with van der Waals surface area (Å²) in [7, 11) is 0. The molecule has 1 aliphatic rings. The van der Waals surface area contributed by atoms with Crippen LogP contribution in [-0.4, -0.2) is 21.1 Å². The van der Waals surface area contributed by atoms with Crippen LogP contribution in [0.3, 0.4) is 0 Å². The monoisotopic (exact) mass is 411 g/mol. The molecule has 1 aromatic heterocycles. The Hall–Kier alpha value is -2.11. The Morgan fingerprint density at radius 3 is 2.48 bits per heavy atom. The molecule has 0 fully saturated rings. The topological polar surface area (TPSA) is 20.2 Å². The number of benzene rings is 2. The van der Waals surface area contributed by atoms with Crippen molar-refractivity contribution in [3.8, 4) is 0 Å². The quantitative estimate of drug-likeness (QED) is 0.595. The van der Waals surface area contributed by atoms with Gasteiger partial charge in [-0.1, -0.05) is 46.3 Å². The second-order valence-electron chi connectivity index (χ2n) is 6.07. The second kappa shape index (κ2) is 7.02. The van der Waals surface area contributed by atoms with Gasteiger partial charge in [0.2, 0.25) is 0 Å². The first-order valence-electron chi connectivity index (χ1n) is 8.25. The van der Waals surface area contributed by atoms with Crippen LogP contribution < -0.4 is 5.32 Å². The Morgan fingerprint density at radius 2 is 1.72 bits per heavy atom. The molecule has 0 radical (unpaired) electrons. The molecule has 1 aliphatic heterocycles. The third kappa shape index (κ3) is 3.34. The minimum Gasteiger partial charge on any atom is -0.348 e. The highest BCUT2D eigenvalue weighted by Crippen LogP contribution is 2.32. The molecule has 0 amide bonds. The fourth-order valence-electron chi connectivity index (χ4n) is 3.32. The Morgan fingerprint density at radius 1 is 0.960 bits per heavy atom. The van der Waals surface area contributed by atoms with Crippen molar-refractivity contribution in [1.29, 1.82) is 0 Å². The van der Waals surface area contributed by atoms with E-state index in [9.17, 15) is 0 Å². The van der Waals surface area contributed by atoms with Gasteiger partial charge in [0.15, 0.2) is 5.11 Å². The van der Waals surface area contributed by atoms with E-state index in [1.807, 2.05) is 30.3 Å². The highest BCUT2D eigenvalue weighted by atomic mass is 79.9. The number of rotatable bonds is 2. The summed E-state index contributed by atoms with van der Waals surface area (Å²) in [5.74, 6) is 0. The molecule has 5 heteroatoms. The van der Waals surface area contributed by atoms with Gasteiger partial charge >= 0.3 is 0 Å².